The first-order chi connectivity index (χ1) is 7.24. The first kappa shape index (κ1) is 12.8. The number of para-hydroxylation sites is 1. The van der Waals surface area contributed by atoms with Crippen molar-refractivity contribution in [3.8, 4) is 0 Å². The molecule has 0 unspecified atom stereocenters. The lowest BCUT2D eigenvalue weighted by molar-refractivity contribution is -0.113. The van der Waals surface area contributed by atoms with E-state index >= 15 is 0 Å². The lowest BCUT2D eigenvalue weighted by atomic mass is 10.3. The van der Waals surface area contributed by atoms with Crippen molar-refractivity contribution in [3.63, 3.8) is 0 Å². The van der Waals surface area contributed by atoms with Gasteiger partial charge in [-0.3, -0.25) is 4.79 Å². The van der Waals surface area contributed by atoms with E-state index in [1.807, 2.05) is 24.3 Å². The maximum atomic E-state index is 11.5. The van der Waals surface area contributed by atoms with Gasteiger partial charge < -0.3 is 11.1 Å². The van der Waals surface area contributed by atoms with Gasteiger partial charge in [0.2, 0.25) is 5.91 Å². The highest BCUT2D eigenvalue weighted by molar-refractivity contribution is 14.1. The van der Waals surface area contributed by atoms with Crippen molar-refractivity contribution >= 4 is 45.9 Å². The number of hydrogen-bond donors (Lipinski definition) is 2. The molecule has 0 saturated carbocycles. The third-order valence-corrected chi connectivity index (χ3v) is 3.57. The SMILES string of the molecule is NCCSCC(=O)Nc1ccccc1I. The molecule has 15 heavy (non-hydrogen) atoms. The zero-order chi connectivity index (χ0) is 11.1. The molecule has 0 atom stereocenters. The molecule has 0 bridgehead atoms. The van der Waals surface area contributed by atoms with Gasteiger partial charge in [0.15, 0.2) is 0 Å². The van der Waals surface area contributed by atoms with E-state index in [1.54, 1.807) is 11.8 Å². The van der Waals surface area contributed by atoms with Gasteiger partial charge in [0.1, 0.15) is 0 Å². The topological polar surface area (TPSA) is 55.1 Å². The molecule has 0 aliphatic carbocycles. The van der Waals surface area contributed by atoms with E-state index in [0.717, 1.165) is 15.0 Å². The van der Waals surface area contributed by atoms with Gasteiger partial charge in [0.05, 0.1) is 11.4 Å². The highest BCUT2D eigenvalue weighted by Gasteiger charge is 2.04. The number of anilines is 1. The number of nitrogens with one attached hydrogen (secondary N) is 1. The summed E-state index contributed by atoms with van der Waals surface area (Å²) in [6, 6.07) is 7.71. The second-order valence-electron chi connectivity index (χ2n) is 2.87. The van der Waals surface area contributed by atoms with E-state index in [0.29, 0.717) is 12.3 Å². The quantitative estimate of drug-likeness (QED) is 0.638. The van der Waals surface area contributed by atoms with Crippen LogP contribution in [0.4, 0.5) is 5.69 Å². The van der Waals surface area contributed by atoms with Crippen LogP contribution in [0.25, 0.3) is 0 Å². The maximum absolute atomic E-state index is 11.5. The van der Waals surface area contributed by atoms with Crippen molar-refractivity contribution < 1.29 is 4.79 Å². The lowest BCUT2D eigenvalue weighted by Gasteiger charge is -2.06. The van der Waals surface area contributed by atoms with Gasteiger partial charge in [0.25, 0.3) is 0 Å². The third kappa shape index (κ3) is 4.85. The molecule has 0 fully saturated rings. The summed E-state index contributed by atoms with van der Waals surface area (Å²) >= 11 is 3.74. The summed E-state index contributed by atoms with van der Waals surface area (Å²) < 4.78 is 1.05. The highest BCUT2D eigenvalue weighted by Crippen LogP contribution is 2.17. The molecule has 0 aromatic heterocycles. The summed E-state index contributed by atoms with van der Waals surface area (Å²) in [5.74, 6) is 1.30. The lowest BCUT2D eigenvalue weighted by Crippen LogP contribution is -2.16. The Morgan fingerprint density at radius 1 is 1.47 bits per heavy atom. The number of thioether (sulfide) groups is 1. The van der Waals surface area contributed by atoms with Gasteiger partial charge in [-0.2, -0.15) is 11.8 Å². The minimum absolute atomic E-state index is 0.0255. The summed E-state index contributed by atoms with van der Waals surface area (Å²) in [6.45, 7) is 0.612. The largest absolute Gasteiger partial charge is 0.330 e. The minimum atomic E-state index is 0.0255. The molecular formula is C10H13IN2OS. The van der Waals surface area contributed by atoms with Crippen molar-refractivity contribution in [2.75, 3.05) is 23.4 Å². The molecule has 1 rings (SSSR count). The zero-order valence-corrected chi connectivity index (χ0v) is 11.2. The number of rotatable bonds is 5. The van der Waals surface area contributed by atoms with Gasteiger partial charge in [-0.15, -0.1) is 0 Å². The van der Waals surface area contributed by atoms with Crippen molar-refractivity contribution in [2.24, 2.45) is 5.73 Å². The smallest absolute Gasteiger partial charge is 0.234 e. The molecule has 0 saturated heterocycles. The predicted octanol–water partition coefficient (Wildman–Crippen LogP) is 1.92. The standard InChI is InChI=1S/C10H13IN2OS/c11-8-3-1-2-4-9(8)13-10(14)7-15-6-5-12/h1-4H,5-7,12H2,(H,13,14). The number of carbonyl (C=O) groups is 1. The van der Waals surface area contributed by atoms with Crippen molar-refractivity contribution in [1.82, 2.24) is 0 Å². The first-order valence-electron chi connectivity index (χ1n) is 4.56. The van der Waals surface area contributed by atoms with E-state index in [1.165, 1.54) is 0 Å². The fourth-order valence-corrected chi connectivity index (χ4v) is 2.09. The third-order valence-electron chi connectivity index (χ3n) is 1.64. The van der Waals surface area contributed by atoms with Crippen LogP contribution in [0.5, 0.6) is 0 Å². The van der Waals surface area contributed by atoms with Crippen molar-refractivity contribution in [2.45, 2.75) is 0 Å². The average molecular weight is 336 g/mol. The minimum Gasteiger partial charge on any atom is -0.330 e. The molecule has 0 radical (unpaired) electrons. The number of nitrogens with two attached hydrogens (primary N) is 1. The normalized spacial score (nSPS) is 10.0. The molecule has 1 amide bonds. The van der Waals surface area contributed by atoms with Crippen LogP contribution in [0.2, 0.25) is 0 Å². The highest BCUT2D eigenvalue weighted by atomic mass is 127. The van der Waals surface area contributed by atoms with Crippen molar-refractivity contribution in [3.05, 3.63) is 27.8 Å². The van der Waals surface area contributed by atoms with Crippen LogP contribution in [-0.4, -0.2) is 24.0 Å². The first-order valence-corrected chi connectivity index (χ1v) is 6.79. The van der Waals surface area contributed by atoms with Crippen LogP contribution in [0.15, 0.2) is 24.3 Å². The molecule has 0 spiro atoms. The number of amides is 1. The second kappa shape index (κ2) is 7.08. The number of benzene rings is 1. The van der Waals surface area contributed by atoms with Crippen LogP contribution in [0, 0.1) is 3.57 Å². The zero-order valence-electron chi connectivity index (χ0n) is 8.20. The molecule has 1 aromatic rings. The summed E-state index contributed by atoms with van der Waals surface area (Å²) in [6.07, 6.45) is 0. The van der Waals surface area contributed by atoms with Gasteiger partial charge >= 0.3 is 0 Å². The van der Waals surface area contributed by atoms with E-state index in [2.05, 4.69) is 27.9 Å². The number of hydrogen-bond acceptors (Lipinski definition) is 3. The number of carbonyl (C=O) groups excluding carboxylic acids is 1. The fourth-order valence-electron chi connectivity index (χ4n) is 0.997. The Hall–Kier alpha value is -0.270. The van der Waals surface area contributed by atoms with Gasteiger partial charge in [0, 0.05) is 15.9 Å². The Morgan fingerprint density at radius 2 is 2.20 bits per heavy atom. The molecular weight excluding hydrogens is 323 g/mol. The van der Waals surface area contributed by atoms with Crippen LogP contribution >= 0.6 is 34.4 Å². The molecule has 0 aliphatic rings. The van der Waals surface area contributed by atoms with E-state index in [-0.39, 0.29) is 5.91 Å². The van der Waals surface area contributed by atoms with Crippen LogP contribution < -0.4 is 11.1 Å². The second-order valence-corrected chi connectivity index (χ2v) is 5.14. The number of halogens is 1. The Morgan fingerprint density at radius 3 is 2.87 bits per heavy atom. The Kier molecular flexibility index (Phi) is 6.04. The van der Waals surface area contributed by atoms with Gasteiger partial charge in [-0.05, 0) is 34.7 Å². The molecule has 3 nitrogen and oxygen atoms in total. The van der Waals surface area contributed by atoms with Gasteiger partial charge in [-0.1, -0.05) is 12.1 Å². The monoisotopic (exact) mass is 336 g/mol. The molecule has 5 heteroatoms. The molecule has 82 valence electrons. The Labute approximate surface area is 107 Å². The molecule has 3 N–H and O–H groups in total. The van der Waals surface area contributed by atoms with E-state index in [9.17, 15) is 4.79 Å². The summed E-state index contributed by atoms with van der Waals surface area (Å²) in [5, 5.41) is 2.86. The fraction of sp³-hybridized carbons (Fsp3) is 0.300. The molecule has 0 aliphatic heterocycles. The molecule has 0 heterocycles. The summed E-state index contributed by atoms with van der Waals surface area (Å²) in [4.78, 5) is 11.5. The summed E-state index contributed by atoms with van der Waals surface area (Å²) in [5.41, 5.74) is 6.21. The molecule has 1 aromatic carbocycles. The van der Waals surface area contributed by atoms with Crippen molar-refractivity contribution in [1.29, 1.82) is 0 Å². The Balaban J connectivity index is 2.41. The average Bonchev–Trinajstić information content (AvgIpc) is 2.22. The van der Waals surface area contributed by atoms with Crippen LogP contribution in [-0.2, 0) is 4.79 Å². The van der Waals surface area contributed by atoms with E-state index < -0.39 is 0 Å². The maximum Gasteiger partial charge on any atom is 0.234 e. The van der Waals surface area contributed by atoms with Crippen LogP contribution in [0.1, 0.15) is 0 Å². The van der Waals surface area contributed by atoms with Crippen LogP contribution in [0.3, 0.4) is 0 Å². The predicted molar refractivity (Wildman–Crippen MR) is 74.2 cm³/mol. The van der Waals surface area contributed by atoms with E-state index in [4.69, 9.17) is 5.73 Å². The summed E-state index contributed by atoms with van der Waals surface area (Å²) in [7, 11) is 0. The Bertz CT molecular complexity index is 333. The van der Waals surface area contributed by atoms with Gasteiger partial charge in [-0.25, -0.2) is 0 Å².